The zero-order valence-electron chi connectivity index (χ0n) is 8.67. The first-order valence-electron chi connectivity index (χ1n) is 4.91. The van der Waals surface area contributed by atoms with Crippen LogP contribution in [0, 0.1) is 0 Å². The molecule has 0 aromatic carbocycles. The van der Waals surface area contributed by atoms with E-state index in [-0.39, 0.29) is 0 Å². The van der Waals surface area contributed by atoms with Crippen molar-refractivity contribution in [2.75, 3.05) is 5.84 Å². The normalized spacial score (nSPS) is 11.1. The Morgan fingerprint density at radius 3 is 3.06 bits per heavy atom. The molecule has 17 heavy (non-hydrogen) atoms. The molecule has 0 atom stereocenters. The number of halogens is 1. The quantitative estimate of drug-likeness (QED) is 0.572. The van der Waals surface area contributed by atoms with Gasteiger partial charge in [-0.3, -0.25) is 0 Å². The van der Waals surface area contributed by atoms with Gasteiger partial charge in [0.25, 0.3) is 0 Å². The van der Waals surface area contributed by atoms with Crippen LogP contribution in [-0.4, -0.2) is 19.6 Å². The van der Waals surface area contributed by atoms with E-state index in [1.165, 1.54) is 11.0 Å². The van der Waals surface area contributed by atoms with E-state index < -0.39 is 0 Å². The van der Waals surface area contributed by atoms with E-state index in [0.29, 0.717) is 22.3 Å². The van der Waals surface area contributed by atoms with Gasteiger partial charge in [-0.2, -0.15) is 0 Å². The Bertz CT molecular complexity index is 661. The number of hydrogen-bond donors (Lipinski definition) is 1. The van der Waals surface area contributed by atoms with Gasteiger partial charge in [-0.1, -0.05) is 0 Å². The molecule has 3 aromatic rings. The SMILES string of the molecule is Nn1cnc2c(Cc3ccco3)nc(Br)nc21. The fraction of sp³-hybridized carbons (Fsp3) is 0.100. The smallest absolute Gasteiger partial charge is 0.199 e. The van der Waals surface area contributed by atoms with E-state index in [4.69, 9.17) is 10.3 Å². The Morgan fingerprint density at radius 1 is 1.41 bits per heavy atom. The van der Waals surface area contributed by atoms with Gasteiger partial charge in [-0.25, -0.2) is 19.6 Å². The van der Waals surface area contributed by atoms with Crippen molar-refractivity contribution in [2.45, 2.75) is 6.42 Å². The van der Waals surface area contributed by atoms with Crippen molar-refractivity contribution < 1.29 is 4.42 Å². The Kier molecular flexibility index (Phi) is 2.32. The van der Waals surface area contributed by atoms with E-state index >= 15 is 0 Å². The Balaban J connectivity index is 2.15. The Hall–Kier alpha value is -1.89. The third kappa shape index (κ3) is 1.78. The molecule has 2 N–H and O–H groups in total. The molecule has 0 aliphatic rings. The van der Waals surface area contributed by atoms with Crippen LogP contribution in [0.25, 0.3) is 11.2 Å². The van der Waals surface area contributed by atoms with Crippen LogP contribution in [0.4, 0.5) is 0 Å². The molecule has 3 aromatic heterocycles. The van der Waals surface area contributed by atoms with Gasteiger partial charge < -0.3 is 10.3 Å². The number of nitrogens with two attached hydrogens (primary N) is 1. The van der Waals surface area contributed by atoms with Gasteiger partial charge in [0.1, 0.15) is 17.6 Å². The second-order valence-corrected chi connectivity index (χ2v) is 4.23. The first-order valence-corrected chi connectivity index (χ1v) is 5.70. The summed E-state index contributed by atoms with van der Waals surface area (Å²) in [5.41, 5.74) is 2.06. The van der Waals surface area contributed by atoms with Gasteiger partial charge in [-0.15, -0.1) is 0 Å². The van der Waals surface area contributed by atoms with Crippen LogP contribution in [0.3, 0.4) is 0 Å². The number of rotatable bonds is 2. The Labute approximate surface area is 105 Å². The lowest BCUT2D eigenvalue weighted by molar-refractivity contribution is 0.519. The summed E-state index contributed by atoms with van der Waals surface area (Å²) in [5, 5.41) is 0. The standard InChI is InChI=1S/C10H8BrN5O/c11-10-14-7(4-6-2-1-3-17-6)8-9(15-10)16(12)5-13-8/h1-3,5H,4,12H2. The summed E-state index contributed by atoms with van der Waals surface area (Å²) >= 11 is 3.26. The maximum atomic E-state index is 5.71. The minimum absolute atomic E-state index is 0.485. The van der Waals surface area contributed by atoms with Gasteiger partial charge >= 0.3 is 0 Å². The van der Waals surface area contributed by atoms with Gasteiger partial charge in [0.15, 0.2) is 10.4 Å². The molecule has 3 heterocycles. The van der Waals surface area contributed by atoms with Gasteiger partial charge in [0, 0.05) is 0 Å². The van der Waals surface area contributed by atoms with Crippen LogP contribution in [0.2, 0.25) is 0 Å². The Morgan fingerprint density at radius 2 is 2.29 bits per heavy atom. The number of nitrogen functional groups attached to an aromatic ring is 1. The minimum Gasteiger partial charge on any atom is -0.469 e. The number of imidazole rings is 1. The maximum absolute atomic E-state index is 5.71. The lowest BCUT2D eigenvalue weighted by Gasteiger charge is -2.01. The van der Waals surface area contributed by atoms with Crippen LogP contribution >= 0.6 is 15.9 Å². The van der Waals surface area contributed by atoms with E-state index in [1.807, 2.05) is 12.1 Å². The topological polar surface area (TPSA) is 82.8 Å². The zero-order valence-corrected chi connectivity index (χ0v) is 10.3. The highest BCUT2D eigenvalue weighted by Gasteiger charge is 2.12. The molecule has 6 nitrogen and oxygen atoms in total. The largest absolute Gasteiger partial charge is 0.469 e. The highest BCUT2D eigenvalue weighted by atomic mass is 79.9. The summed E-state index contributed by atoms with van der Waals surface area (Å²) in [6.45, 7) is 0. The average molecular weight is 294 g/mol. The summed E-state index contributed by atoms with van der Waals surface area (Å²) in [6, 6.07) is 3.73. The molecule has 86 valence electrons. The molecular weight excluding hydrogens is 286 g/mol. The van der Waals surface area contributed by atoms with Gasteiger partial charge in [0.05, 0.1) is 18.4 Å². The van der Waals surface area contributed by atoms with Gasteiger partial charge in [0.2, 0.25) is 0 Å². The third-order valence-electron chi connectivity index (χ3n) is 2.39. The molecule has 0 fully saturated rings. The van der Waals surface area contributed by atoms with Crippen molar-refractivity contribution in [3.63, 3.8) is 0 Å². The van der Waals surface area contributed by atoms with Gasteiger partial charge in [-0.05, 0) is 28.1 Å². The summed E-state index contributed by atoms with van der Waals surface area (Å²) < 4.78 is 7.14. The fourth-order valence-corrected chi connectivity index (χ4v) is 2.03. The molecule has 0 aliphatic heterocycles. The van der Waals surface area contributed by atoms with Crippen LogP contribution < -0.4 is 5.84 Å². The highest BCUT2D eigenvalue weighted by molar-refractivity contribution is 9.10. The number of furan rings is 1. The molecule has 0 radical (unpaired) electrons. The van der Waals surface area contributed by atoms with Crippen LogP contribution in [0.5, 0.6) is 0 Å². The predicted molar refractivity (Wildman–Crippen MR) is 64.7 cm³/mol. The summed E-state index contributed by atoms with van der Waals surface area (Å²) in [6.07, 6.45) is 3.70. The monoisotopic (exact) mass is 293 g/mol. The summed E-state index contributed by atoms with van der Waals surface area (Å²) in [4.78, 5) is 12.7. The molecule has 0 amide bonds. The number of nitrogens with zero attached hydrogens (tertiary/aromatic N) is 4. The number of aromatic nitrogens is 4. The summed E-state index contributed by atoms with van der Waals surface area (Å²) in [5.74, 6) is 6.53. The second kappa shape index (κ2) is 3.85. The van der Waals surface area contributed by atoms with Crippen molar-refractivity contribution in [1.82, 2.24) is 19.6 Å². The lowest BCUT2D eigenvalue weighted by atomic mass is 10.2. The lowest BCUT2D eigenvalue weighted by Crippen LogP contribution is -2.07. The maximum Gasteiger partial charge on any atom is 0.199 e. The molecule has 7 heteroatoms. The van der Waals surface area contributed by atoms with Crippen molar-refractivity contribution in [1.29, 1.82) is 0 Å². The fourth-order valence-electron chi connectivity index (χ4n) is 1.65. The zero-order chi connectivity index (χ0) is 11.8. The molecule has 0 saturated heterocycles. The molecule has 0 saturated carbocycles. The van der Waals surface area contributed by atoms with Crippen LogP contribution in [0.15, 0.2) is 33.9 Å². The first-order chi connectivity index (χ1) is 8.24. The minimum atomic E-state index is 0.485. The van der Waals surface area contributed by atoms with E-state index in [2.05, 4.69) is 30.9 Å². The predicted octanol–water partition coefficient (Wildman–Crippen LogP) is 1.49. The van der Waals surface area contributed by atoms with E-state index in [0.717, 1.165) is 11.5 Å². The molecule has 0 aliphatic carbocycles. The van der Waals surface area contributed by atoms with E-state index in [1.54, 1.807) is 6.26 Å². The van der Waals surface area contributed by atoms with Crippen molar-refractivity contribution in [2.24, 2.45) is 0 Å². The average Bonchev–Trinajstić information content (AvgIpc) is 2.90. The van der Waals surface area contributed by atoms with Crippen molar-refractivity contribution >= 4 is 27.1 Å². The third-order valence-corrected chi connectivity index (χ3v) is 2.74. The van der Waals surface area contributed by atoms with Crippen LogP contribution in [0.1, 0.15) is 11.5 Å². The van der Waals surface area contributed by atoms with E-state index in [9.17, 15) is 0 Å². The number of fused-ring (bicyclic) bond motifs is 1. The second-order valence-electron chi connectivity index (χ2n) is 3.52. The highest BCUT2D eigenvalue weighted by Crippen LogP contribution is 2.18. The number of hydrogen-bond acceptors (Lipinski definition) is 5. The van der Waals surface area contributed by atoms with Crippen molar-refractivity contribution in [3.05, 3.63) is 40.9 Å². The molecule has 0 spiro atoms. The molecule has 0 bridgehead atoms. The van der Waals surface area contributed by atoms with Crippen molar-refractivity contribution in [3.8, 4) is 0 Å². The molecular formula is C10H8BrN5O. The first kappa shape index (κ1) is 10.3. The summed E-state index contributed by atoms with van der Waals surface area (Å²) in [7, 11) is 0. The molecule has 3 rings (SSSR count). The van der Waals surface area contributed by atoms with Crippen LogP contribution in [-0.2, 0) is 6.42 Å². The molecule has 0 unspecified atom stereocenters.